The number of aromatic amines is 2. The van der Waals surface area contributed by atoms with Crippen LogP contribution in [-0.4, -0.2) is 46.3 Å². The second-order valence-corrected chi connectivity index (χ2v) is 4.68. The molecular formula is C12H16N4O4. The van der Waals surface area contributed by atoms with E-state index in [0.29, 0.717) is 24.3 Å². The molecular weight excluding hydrogens is 264 g/mol. The monoisotopic (exact) mass is 280 g/mol. The average Bonchev–Trinajstić information content (AvgIpc) is 2.37. The standard InChI is InChI=1S/C12H16N4O4/c1-7-8(11(19)15-12(20)14-7)2-3-10(18)16-5-4-13-9(17)6-16/h2-6H2,1H3,(H,13,17)(H2,14,15,19,20). The topological polar surface area (TPSA) is 115 Å². The molecule has 1 fully saturated rings. The molecule has 0 unspecified atom stereocenters. The fraction of sp³-hybridized carbons (Fsp3) is 0.500. The van der Waals surface area contributed by atoms with Crippen molar-refractivity contribution in [3.8, 4) is 0 Å². The van der Waals surface area contributed by atoms with Crippen LogP contribution in [0.2, 0.25) is 0 Å². The van der Waals surface area contributed by atoms with Crippen molar-refractivity contribution in [2.24, 2.45) is 0 Å². The Morgan fingerprint density at radius 2 is 2.00 bits per heavy atom. The Bertz CT molecular complexity index is 646. The summed E-state index contributed by atoms with van der Waals surface area (Å²) in [5.41, 5.74) is -0.187. The van der Waals surface area contributed by atoms with Gasteiger partial charge in [-0.1, -0.05) is 0 Å². The van der Waals surface area contributed by atoms with Crippen molar-refractivity contribution < 1.29 is 9.59 Å². The van der Waals surface area contributed by atoms with Gasteiger partial charge in [-0.2, -0.15) is 0 Å². The number of H-pyrrole nitrogens is 2. The van der Waals surface area contributed by atoms with Crippen LogP contribution in [-0.2, 0) is 16.0 Å². The van der Waals surface area contributed by atoms with Crippen LogP contribution in [0.3, 0.4) is 0 Å². The predicted molar refractivity (Wildman–Crippen MR) is 70.3 cm³/mol. The molecule has 0 spiro atoms. The first-order valence-electron chi connectivity index (χ1n) is 6.34. The smallest absolute Gasteiger partial charge is 0.325 e. The second-order valence-electron chi connectivity index (χ2n) is 4.68. The number of carbonyl (C=O) groups is 2. The van der Waals surface area contributed by atoms with E-state index < -0.39 is 11.2 Å². The summed E-state index contributed by atoms with van der Waals surface area (Å²) in [7, 11) is 0. The molecule has 8 nitrogen and oxygen atoms in total. The van der Waals surface area contributed by atoms with Gasteiger partial charge in [0.25, 0.3) is 5.56 Å². The molecule has 0 saturated carbocycles. The Labute approximate surface area is 114 Å². The Hall–Kier alpha value is -2.38. The number of nitrogens with one attached hydrogen (secondary N) is 3. The molecule has 0 aliphatic carbocycles. The highest BCUT2D eigenvalue weighted by Crippen LogP contribution is 2.04. The lowest BCUT2D eigenvalue weighted by Gasteiger charge is -2.26. The quantitative estimate of drug-likeness (QED) is 0.609. The number of aryl methyl sites for hydroxylation is 1. The Morgan fingerprint density at radius 1 is 1.25 bits per heavy atom. The van der Waals surface area contributed by atoms with Crippen molar-refractivity contribution >= 4 is 11.8 Å². The number of piperazine rings is 1. The highest BCUT2D eigenvalue weighted by Gasteiger charge is 2.21. The number of hydrogen-bond donors (Lipinski definition) is 3. The number of rotatable bonds is 3. The number of amides is 2. The molecule has 1 saturated heterocycles. The van der Waals surface area contributed by atoms with Gasteiger partial charge in [-0.3, -0.25) is 19.4 Å². The second kappa shape index (κ2) is 5.72. The molecule has 2 amide bonds. The van der Waals surface area contributed by atoms with E-state index in [-0.39, 0.29) is 31.2 Å². The zero-order valence-electron chi connectivity index (χ0n) is 11.1. The molecule has 0 bridgehead atoms. The number of nitrogens with zero attached hydrogens (tertiary/aromatic N) is 1. The summed E-state index contributed by atoms with van der Waals surface area (Å²) >= 11 is 0. The van der Waals surface area contributed by atoms with Crippen molar-refractivity contribution in [3.63, 3.8) is 0 Å². The number of carbonyl (C=O) groups excluding carboxylic acids is 2. The van der Waals surface area contributed by atoms with Gasteiger partial charge in [0.05, 0.1) is 6.54 Å². The van der Waals surface area contributed by atoms with Crippen molar-refractivity contribution in [1.82, 2.24) is 20.2 Å². The van der Waals surface area contributed by atoms with E-state index in [1.54, 1.807) is 6.92 Å². The molecule has 1 aromatic heterocycles. The van der Waals surface area contributed by atoms with Crippen molar-refractivity contribution in [3.05, 3.63) is 32.1 Å². The third-order valence-corrected chi connectivity index (χ3v) is 3.23. The summed E-state index contributed by atoms with van der Waals surface area (Å²) in [6, 6.07) is 0. The Balaban J connectivity index is 2.02. The molecule has 3 N–H and O–H groups in total. The van der Waals surface area contributed by atoms with Gasteiger partial charge in [0.15, 0.2) is 0 Å². The fourth-order valence-corrected chi connectivity index (χ4v) is 2.17. The lowest BCUT2D eigenvalue weighted by molar-refractivity contribution is -0.138. The van der Waals surface area contributed by atoms with Crippen LogP contribution in [0, 0.1) is 6.92 Å². The minimum atomic E-state index is -0.560. The molecule has 8 heteroatoms. The van der Waals surface area contributed by atoms with Gasteiger partial charge in [-0.15, -0.1) is 0 Å². The first-order valence-corrected chi connectivity index (χ1v) is 6.34. The maximum Gasteiger partial charge on any atom is 0.325 e. The average molecular weight is 280 g/mol. The van der Waals surface area contributed by atoms with Crippen molar-refractivity contribution in [1.29, 1.82) is 0 Å². The Kier molecular flexibility index (Phi) is 4.02. The van der Waals surface area contributed by atoms with Gasteiger partial charge in [0.2, 0.25) is 11.8 Å². The van der Waals surface area contributed by atoms with Crippen LogP contribution in [0.25, 0.3) is 0 Å². The molecule has 2 rings (SSSR count). The lowest BCUT2D eigenvalue weighted by atomic mass is 10.1. The van der Waals surface area contributed by atoms with Crippen LogP contribution in [0.15, 0.2) is 9.59 Å². The zero-order chi connectivity index (χ0) is 14.7. The molecule has 0 radical (unpaired) electrons. The Morgan fingerprint density at radius 3 is 2.65 bits per heavy atom. The van der Waals surface area contributed by atoms with Crippen LogP contribution >= 0.6 is 0 Å². The molecule has 0 aromatic carbocycles. The van der Waals surface area contributed by atoms with E-state index in [9.17, 15) is 19.2 Å². The van der Waals surface area contributed by atoms with Gasteiger partial charge in [-0.05, 0) is 13.3 Å². The molecule has 0 atom stereocenters. The van der Waals surface area contributed by atoms with E-state index >= 15 is 0 Å². The first-order chi connectivity index (χ1) is 9.47. The number of hydrogen-bond acceptors (Lipinski definition) is 4. The van der Waals surface area contributed by atoms with Gasteiger partial charge >= 0.3 is 5.69 Å². The highest BCUT2D eigenvalue weighted by molar-refractivity contribution is 5.85. The summed E-state index contributed by atoms with van der Waals surface area (Å²) < 4.78 is 0. The first kappa shape index (κ1) is 14.0. The largest absolute Gasteiger partial charge is 0.353 e. The minimum absolute atomic E-state index is 0.0554. The van der Waals surface area contributed by atoms with Crippen molar-refractivity contribution in [2.45, 2.75) is 19.8 Å². The van der Waals surface area contributed by atoms with Gasteiger partial charge < -0.3 is 15.2 Å². The summed E-state index contributed by atoms with van der Waals surface area (Å²) in [5, 5.41) is 2.64. The molecule has 1 aliphatic rings. The van der Waals surface area contributed by atoms with E-state index in [1.165, 1.54) is 4.90 Å². The van der Waals surface area contributed by atoms with E-state index in [4.69, 9.17) is 0 Å². The van der Waals surface area contributed by atoms with E-state index in [0.717, 1.165) is 0 Å². The number of aromatic nitrogens is 2. The molecule has 20 heavy (non-hydrogen) atoms. The normalized spacial score (nSPS) is 15.1. The van der Waals surface area contributed by atoms with Gasteiger partial charge in [0.1, 0.15) is 0 Å². The predicted octanol–water partition coefficient (Wildman–Crippen LogP) is -1.74. The van der Waals surface area contributed by atoms with Crippen molar-refractivity contribution in [2.75, 3.05) is 19.6 Å². The fourth-order valence-electron chi connectivity index (χ4n) is 2.17. The molecule has 108 valence electrons. The summed E-state index contributed by atoms with van der Waals surface area (Å²) in [5.74, 6) is -0.354. The molecule has 2 heterocycles. The van der Waals surface area contributed by atoms with Crippen LogP contribution in [0.5, 0.6) is 0 Å². The lowest BCUT2D eigenvalue weighted by Crippen LogP contribution is -2.50. The summed E-state index contributed by atoms with van der Waals surface area (Å²) in [6.07, 6.45) is 0.359. The van der Waals surface area contributed by atoms with Crippen LogP contribution in [0.4, 0.5) is 0 Å². The maximum atomic E-state index is 12.0. The summed E-state index contributed by atoms with van der Waals surface area (Å²) in [4.78, 5) is 51.9. The SMILES string of the molecule is Cc1[nH]c(=O)[nH]c(=O)c1CCC(=O)N1CCNC(=O)C1. The third kappa shape index (κ3) is 3.14. The zero-order valence-corrected chi connectivity index (χ0v) is 11.1. The van der Waals surface area contributed by atoms with Gasteiger partial charge in [-0.25, -0.2) is 4.79 Å². The minimum Gasteiger partial charge on any atom is -0.353 e. The maximum absolute atomic E-state index is 12.0. The molecule has 1 aromatic rings. The molecule has 1 aliphatic heterocycles. The summed E-state index contributed by atoms with van der Waals surface area (Å²) in [6.45, 7) is 2.60. The van der Waals surface area contributed by atoms with E-state index in [2.05, 4.69) is 15.3 Å². The highest BCUT2D eigenvalue weighted by atomic mass is 16.2. The van der Waals surface area contributed by atoms with Crippen LogP contribution < -0.4 is 16.6 Å². The van der Waals surface area contributed by atoms with E-state index in [1.807, 2.05) is 0 Å². The third-order valence-electron chi connectivity index (χ3n) is 3.23. The van der Waals surface area contributed by atoms with Gasteiger partial charge in [0, 0.05) is 30.8 Å². The van der Waals surface area contributed by atoms with Crippen LogP contribution in [0.1, 0.15) is 17.7 Å².